The molecule has 0 fully saturated rings. The molecule has 192 valence electrons. The Morgan fingerprint density at radius 3 is 2.24 bits per heavy atom. The first-order chi connectivity index (χ1) is 18.4. The van der Waals surface area contributed by atoms with E-state index in [1.165, 1.54) is 11.3 Å². The summed E-state index contributed by atoms with van der Waals surface area (Å²) in [6.45, 7) is 1.93. The van der Waals surface area contributed by atoms with E-state index < -0.39 is 0 Å². The molecule has 0 radical (unpaired) electrons. The molecule has 0 aliphatic heterocycles. The van der Waals surface area contributed by atoms with Crippen LogP contribution in [0.3, 0.4) is 0 Å². The van der Waals surface area contributed by atoms with Crippen molar-refractivity contribution < 1.29 is 19.0 Å². The highest BCUT2D eigenvalue weighted by Crippen LogP contribution is 2.46. The lowest BCUT2D eigenvalue weighted by Gasteiger charge is -2.15. The lowest BCUT2D eigenvalue weighted by Crippen LogP contribution is -2.13. The fraction of sp³-hybridized carbons (Fsp3) is 0.138. The number of hydrogen-bond acceptors (Lipinski definition) is 8. The lowest BCUT2D eigenvalue weighted by molar-refractivity contribution is 0.103. The fourth-order valence-electron chi connectivity index (χ4n) is 4.23. The van der Waals surface area contributed by atoms with Gasteiger partial charge < -0.3 is 25.3 Å². The highest BCUT2D eigenvalue weighted by molar-refractivity contribution is 7.21. The van der Waals surface area contributed by atoms with Crippen molar-refractivity contribution in [1.82, 2.24) is 9.97 Å². The molecule has 0 aliphatic rings. The number of amides is 1. The van der Waals surface area contributed by atoms with Crippen molar-refractivity contribution in [3.8, 4) is 39.6 Å². The van der Waals surface area contributed by atoms with Gasteiger partial charge in [0.15, 0.2) is 11.5 Å². The Morgan fingerprint density at radius 2 is 1.63 bits per heavy atom. The third kappa shape index (κ3) is 4.59. The van der Waals surface area contributed by atoms with Crippen LogP contribution in [0.25, 0.3) is 32.6 Å². The topological polar surface area (TPSA) is 109 Å². The molecule has 1 amide bonds. The molecule has 3 heterocycles. The number of ether oxygens (including phenoxy) is 3. The first-order valence-corrected chi connectivity index (χ1v) is 12.6. The number of aryl methyl sites for hydroxylation is 1. The Morgan fingerprint density at radius 1 is 0.921 bits per heavy atom. The van der Waals surface area contributed by atoms with E-state index >= 15 is 0 Å². The maximum atomic E-state index is 13.3. The normalized spacial score (nSPS) is 10.8. The Bertz CT molecular complexity index is 1610. The summed E-state index contributed by atoms with van der Waals surface area (Å²) in [5.74, 6) is 1.59. The third-order valence-electron chi connectivity index (χ3n) is 6.10. The van der Waals surface area contributed by atoms with Crippen molar-refractivity contribution in [3.63, 3.8) is 0 Å². The van der Waals surface area contributed by atoms with Crippen molar-refractivity contribution in [2.24, 2.45) is 0 Å². The average Bonchev–Trinajstić information content (AvgIpc) is 3.29. The molecule has 2 aromatic carbocycles. The molecule has 0 aliphatic carbocycles. The number of rotatable bonds is 7. The Hall–Kier alpha value is -4.63. The largest absolute Gasteiger partial charge is 0.493 e. The molecule has 0 atom stereocenters. The number of benzene rings is 2. The number of hydrogen-bond donors (Lipinski definition) is 2. The van der Waals surface area contributed by atoms with Gasteiger partial charge in [-0.2, -0.15) is 0 Å². The molecule has 9 heteroatoms. The molecule has 38 heavy (non-hydrogen) atoms. The van der Waals surface area contributed by atoms with Gasteiger partial charge in [-0.05, 0) is 47.9 Å². The Labute approximate surface area is 224 Å². The van der Waals surface area contributed by atoms with Crippen LogP contribution in [0.5, 0.6) is 17.2 Å². The van der Waals surface area contributed by atoms with Gasteiger partial charge in [0, 0.05) is 17.1 Å². The quantitative estimate of drug-likeness (QED) is 0.260. The molecular formula is C29H26N4O4S. The van der Waals surface area contributed by atoms with E-state index in [1.807, 2.05) is 61.5 Å². The maximum Gasteiger partial charge on any atom is 0.269 e. The van der Waals surface area contributed by atoms with Gasteiger partial charge in [-0.3, -0.25) is 4.79 Å². The minimum atomic E-state index is -0.348. The molecule has 0 unspecified atom stereocenters. The summed E-state index contributed by atoms with van der Waals surface area (Å²) in [4.78, 5) is 23.4. The van der Waals surface area contributed by atoms with Crippen LogP contribution in [0.2, 0.25) is 0 Å². The third-order valence-corrected chi connectivity index (χ3v) is 7.20. The van der Waals surface area contributed by atoms with E-state index in [0.29, 0.717) is 43.8 Å². The molecule has 5 aromatic rings. The zero-order valence-electron chi connectivity index (χ0n) is 21.4. The summed E-state index contributed by atoms with van der Waals surface area (Å²) in [6.07, 6.45) is 1.69. The van der Waals surface area contributed by atoms with Crippen molar-refractivity contribution in [3.05, 3.63) is 77.3 Å². The number of carbonyl (C=O) groups is 1. The van der Waals surface area contributed by atoms with Crippen molar-refractivity contribution in [2.75, 3.05) is 32.4 Å². The van der Waals surface area contributed by atoms with Crippen LogP contribution in [0.1, 0.15) is 15.2 Å². The van der Waals surface area contributed by atoms with Gasteiger partial charge in [0.1, 0.15) is 15.5 Å². The van der Waals surface area contributed by atoms with Crippen LogP contribution in [0, 0.1) is 6.92 Å². The first kappa shape index (κ1) is 25.0. The highest BCUT2D eigenvalue weighted by Gasteiger charge is 2.24. The summed E-state index contributed by atoms with van der Waals surface area (Å²) < 4.78 is 16.7. The van der Waals surface area contributed by atoms with Crippen LogP contribution < -0.4 is 25.3 Å². The number of carbonyl (C=O) groups excluding carboxylic acids is 1. The van der Waals surface area contributed by atoms with Crippen molar-refractivity contribution >= 4 is 39.0 Å². The number of nitrogen functional groups attached to an aromatic ring is 1. The maximum absolute atomic E-state index is 13.3. The smallest absolute Gasteiger partial charge is 0.269 e. The zero-order chi connectivity index (χ0) is 26.8. The van der Waals surface area contributed by atoms with Gasteiger partial charge in [-0.25, -0.2) is 9.97 Å². The summed E-state index contributed by atoms with van der Waals surface area (Å²) >= 11 is 1.24. The van der Waals surface area contributed by atoms with Crippen LogP contribution in [-0.2, 0) is 0 Å². The summed E-state index contributed by atoms with van der Waals surface area (Å²) in [6, 6.07) is 19.2. The highest BCUT2D eigenvalue weighted by atomic mass is 32.1. The molecule has 0 bridgehead atoms. The number of anilines is 2. The van der Waals surface area contributed by atoms with Crippen LogP contribution in [-0.4, -0.2) is 37.2 Å². The van der Waals surface area contributed by atoms with Gasteiger partial charge in [0.05, 0.1) is 32.7 Å². The molecule has 8 nitrogen and oxygen atoms in total. The van der Waals surface area contributed by atoms with Gasteiger partial charge in [-0.1, -0.05) is 36.4 Å². The van der Waals surface area contributed by atoms with E-state index in [9.17, 15) is 4.79 Å². The van der Waals surface area contributed by atoms with Gasteiger partial charge in [0.25, 0.3) is 5.91 Å². The Kier molecular flexibility index (Phi) is 6.85. The van der Waals surface area contributed by atoms with E-state index in [1.54, 1.807) is 33.6 Å². The number of aromatic nitrogens is 2. The van der Waals surface area contributed by atoms with Gasteiger partial charge >= 0.3 is 0 Å². The predicted octanol–water partition coefficient (Wildman–Crippen LogP) is 6.19. The standard InChI is InChI=1S/C29H26N4O4S/c1-16-10-11-23(31-15-16)33-28(34)27-25(30)24-19(18-12-21(35-2)26(37-4)22(13-18)36-3)14-20(32-29(24)38-27)17-8-6-5-7-9-17/h5-15H,30H2,1-4H3,(H,31,33,34). The molecule has 0 spiro atoms. The molecule has 3 N–H and O–H groups in total. The van der Waals surface area contributed by atoms with Gasteiger partial charge in [-0.15, -0.1) is 11.3 Å². The second-order valence-electron chi connectivity index (χ2n) is 8.54. The predicted molar refractivity (Wildman–Crippen MR) is 151 cm³/mol. The van der Waals surface area contributed by atoms with E-state index in [2.05, 4.69) is 10.3 Å². The number of nitrogens with two attached hydrogens (primary N) is 1. The molecule has 5 rings (SSSR count). The Balaban J connectivity index is 1.72. The van der Waals surface area contributed by atoms with Crippen molar-refractivity contribution in [1.29, 1.82) is 0 Å². The minimum Gasteiger partial charge on any atom is -0.493 e. The lowest BCUT2D eigenvalue weighted by atomic mass is 9.98. The average molecular weight is 527 g/mol. The number of nitrogens with one attached hydrogen (secondary N) is 1. The zero-order valence-corrected chi connectivity index (χ0v) is 22.2. The number of fused-ring (bicyclic) bond motifs is 1. The van der Waals surface area contributed by atoms with E-state index in [0.717, 1.165) is 27.9 Å². The monoisotopic (exact) mass is 526 g/mol. The SMILES string of the molecule is COc1cc(-c2cc(-c3ccccc3)nc3sc(C(=O)Nc4ccc(C)cn4)c(N)c23)cc(OC)c1OC. The number of methoxy groups -OCH3 is 3. The number of pyridine rings is 2. The molecular weight excluding hydrogens is 500 g/mol. The molecule has 0 saturated carbocycles. The number of thiophene rings is 1. The van der Waals surface area contributed by atoms with Gasteiger partial charge in [0.2, 0.25) is 5.75 Å². The number of nitrogens with zero attached hydrogens (tertiary/aromatic N) is 2. The summed E-state index contributed by atoms with van der Waals surface area (Å²) in [5, 5.41) is 3.51. The van der Waals surface area contributed by atoms with Crippen LogP contribution >= 0.6 is 11.3 Å². The van der Waals surface area contributed by atoms with Crippen molar-refractivity contribution in [2.45, 2.75) is 6.92 Å². The van der Waals surface area contributed by atoms with Crippen LogP contribution in [0.15, 0.2) is 66.9 Å². The second kappa shape index (κ2) is 10.4. The minimum absolute atomic E-state index is 0.338. The molecule has 3 aromatic heterocycles. The summed E-state index contributed by atoms with van der Waals surface area (Å²) in [5.41, 5.74) is 11.2. The van der Waals surface area contributed by atoms with Crippen LogP contribution in [0.4, 0.5) is 11.5 Å². The fourth-order valence-corrected chi connectivity index (χ4v) is 5.24. The van der Waals surface area contributed by atoms with E-state index in [-0.39, 0.29) is 5.91 Å². The first-order valence-electron chi connectivity index (χ1n) is 11.8. The molecule has 0 saturated heterocycles. The second-order valence-corrected chi connectivity index (χ2v) is 9.53. The summed E-state index contributed by atoms with van der Waals surface area (Å²) in [7, 11) is 4.70. The van der Waals surface area contributed by atoms with E-state index in [4.69, 9.17) is 24.9 Å².